The van der Waals surface area contributed by atoms with Gasteiger partial charge in [-0.1, -0.05) is 194 Å². The van der Waals surface area contributed by atoms with Crippen molar-refractivity contribution in [3.63, 3.8) is 0 Å². The molecule has 0 unspecified atom stereocenters. The number of hydrogen-bond acceptors (Lipinski definition) is 3. The summed E-state index contributed by atoms with van der Waals surface area (Å²) in [5.74, 6) is 0. The number of rotatable bonds is 37. The standard InChI is InChI=1S/C38H78O3/c1-3-5-7-9-11-13-15-17-19-20-21-23-25-27-29-31-35-40-37-38(33-34-39)41-36-32-30-28-26-24-22-18-16-14-12-10-8-6-4-2/h38-39H,3-37H2,1-2H3/t38-/m0/s1. The zero-order chi connectivity index (χ0) is 29.7. The molecule has 0 aliphatic heterocycles. The fraction of sp³-hybridized carbons (Fsp3) is 1.00. The Balaban J connectivity index is 3.34. The Morgan fingerprint density at radius 1 is 0.390 bits per heavy atom. The molecule has 41 heavy (non-hydrogen) atoms. The molecule has 0 heterocycles. The van der Waals surface area contributed by atoms with Crippen LogP contribution in [0.4, 0.5) is 0 Å². The lowest BCUT2D eigenvalue weighted by molar-refractivity contribution is -0.0288. The minimum atomic E-state index is 0.0584. The van der Waals surface area contributed by atoms with E-state index < -0.39 is 0 Å². The molecule has 0 aliphatic rings. The van der Waals surface area contributed by atoms with E-state index in [0.29, 0.717) is 13.0 Å². The number of aliphatic hydroxyl groups excluding tert-OH is 1. The van der Waals surface area contributed by atoms with Gasteiger partial charge in [-0.05, 0) is 19.3 Å². The summed E-state index contributed by atoms with van der Waals surface area (Å²) in [6.45, 7) is 7.06. The highest BCUT2D eigenvalue weighted by molar-refractivity contribution is 4.57. The molecule has 0 amide bonds. The second-order valence-corrected chi connectivity index (χ2v) is 13.0. The third-order valence-electron chi connectivity index (χ3n) is 8.75. The average Bonchev–Trinajstić information content (AvgIpc) is 2.98. The van der Waals surface area contributed by atoms with Crippen LogP contribution in [0.5, 0.6) is 0 Å². The van der Waals surface area contributed by atoms with Crippen LogP contribution >= 0.6 is 0 Å². The molecule has 0 bridgehead atoms. The highest BCUT2D eigenvalue weighted by Crippen LogP contribution is 2.15. The predicted molar refractivity (Wildman–Crippen MR) is 182 cm³/mol. The van der Waals surface area contributed by atoms with Crippen molar-refractivity contribution in [2.24, 2.45) is 0 Å². The molecule has 0 aromatic rings. The van der Waals surface area contributed by atoms with Gasteiger partial charge < -0.3 is 14.6 Å². The van der Waals surface area contributed by atoms with Crippen LogP contribution in [0.15, 0.2) is 0 Å². The molecule has 1 N–H and O–H groups in total. The van der Waals surface area contributed by atoms with Crippen LogP contribution in [-0.4, -0.2) is 37.6 Å². The Bertz CT molecular complexity index is 441. The molecule has 0 rings (SSSR count). The molecule has 1 atom stereocenters. The van der Waals surface area contributed by atoms with Gasteiger partial charge >= 0.3 is 0 Å². The van der Waals surface area contributed by atoms with Crippen molar-refractivity contribution < 1.29 is 14.6 Å². The maximum Gasteiger partial charge on any atom is 0.0830 e. The Morgan fingerprint density at radius 2 is 0.683 bits per heavy atom. The molecule has 0 saturated carbocycles. The molecule has 0 aromatic carbocycles. The SMILES string of the molecule is CCCCCCCCCCCCCCCCCCOC[C@H](CCO)OCCCCCCCCCCCCCCCC. The second kappa shape index (κ2) is 37.9. The van der Waals surface area contributed by atoms with E-state index in [4.69, 9.17) is 9.47 Å². The van der Waals surface area contributed by atoms with Crippen molar-refractivity contribution in [2.45, 2.75) is 219 Å². The van der Waals surface area contributed by atoms with E-state index in [1.807, 2.05) is 0 Å². The van der Waals surface area contributed by atoms with Crippen LogP contribution in [0.2, 0.25) is 0 Å². The van der Waals surface area contributed by atoms with Crippen LogP contribution < -0.4 is 0 Å². The Morgan fingerprint density at radius 3 is 1.00 bits per heavy atom. The molecular weight excluding hydrogens is 504 g/mol. The molecule has 0 spiro atoms. The van der Waals surface area contributed by atoms with E-state index in [0.717, 1.165) is 26.1 Å². The predicted octanol–water partition coefficient (Wildman–Crippen LogP) is 12.5. The van der Waals surface area contributed by atoms with E-state index in [1.165, 1.54) is 180 Å². The fourth-order valence-electron chi connectivity index (χ4n) is 5.87. The monoisotopic (exact) mass is 583 g/mol. The third kappa shape index (κ3) is 36.0. The quantitative estimate of drug-likeness (QED) is 0.0740. The number of aliphatic hydroxyl groups is 1. The van der Waals surface area contributed by atoms with Gasteiger partial charge in [-0.25, -0.2) is 0 Å². The number of hydrogen-bond donors (Lipinski definition) is 1. The lowest BCUT2D eigenvalue weighted by atomic mass is 10.0. The fourth-order valence-corrected chi connectivity index (χ4v) is 5.87. The first-order valence-corrected chi connectivity index (χ1v) is 19.1. The van der Waals surface area contributed by atoms with E-state index in [-0.39, 0.29) is 12.7 Å². The van der Waals surface area contributed by atoms with E-state index in [9.17, 15) is 5.11 Å². The highest BCUT2D eigenvalue weighted by atomic mass is 16.5. The molecular formula is C38H78O3. The third-order valence-corrected chi connectivity index (χ3v) is 8.75. The van der Waals surface area contributed by atoms with Gasteiger partial charge in [-0.15, -0.1) is 0 Å². The van der Waals surface area contributed by atoms with Crippen molar-refractivity contribution in [1.29, 1.82) is 0 Å². The van der Waals surface area contributed by atoms with Crippen molar-refractivity contribution in [3.05, 3.63) is 0 Å². The lowest BCUT2D eigenvalue weighted by Crippen LogP contribution is -2.22. The Kier molecular flexibility index (Phi) is 37.8. The zero-order valence-electron chi connectivity index (χ0n) is 28.6. The summed E-state index contributed by atoms with van der Waals surface area (Å²) in [5.41, 5.74) is 0. The second-order valence-electron chi connectivity index (χ2n) is 13.0. The van der Waals surface area contributed by atoms with Gasteiger partial charge in [0.2, 0.25) is 0 Å². The van der Waals surface area contributed by atoms with Gasteiger partial charge in [-0.3, -0.25) is 0 Å². The van der Waals surface area contributed by atoms with E-state index in [1.54, 1.807) is 0 Å². The van der Waals surface area contributed by atoms with Crippen molar-refractivity contribution in [2.75, 3.05) is 26.4 Å². The lowest BCUT2D eigenvalue weighted by Gasteiger charge is -2.17. The van der Waals surface area contributed by atoms with Gasteiger partial charge in [-0.2, -0.15) is 0 Å². The summed E-state index contributed by atoms with van der Waals surface area (Å²) < 4.78 is 11.9. The normalized spacial score (nSPS) is 12.4. The molecule has 3 heteroatoms. The molecule has 0 fully saturated rings. The van der Waals surface area contributed by atoms with Crippen molar-refractivity contribution in [1.82, 2.24) is 0 Å². The van der Waals surface area contributed by atoms with Crippen LogP contribution in [0.1, 0.15) is 213 Å². The highest BCUT2D eigenvalue weighted by Gasteiger charge is 2.09. The summed E-state index contributed by atoms with van der Waals surface area (Å²) in [4.78, 5) is 0. The van der Waals surface area contributed by atoms with Crippen LogP contribution in [-0.2, 0) is 9.47 Å². The summed E-state index contributed by atoms with van der Waals surface area (Å²) in [6, 6.07) is 0. The summed E-state index contributed by atoms with van der Waals surface area (Å²) in [5, 5.41) is 9.38. The molecule has 248 valence electrons. The Hall–Kier alpha value is -0.120. The smallest absolute Gasteiger partial charge is 0.0830 e. The molecule has 0 saturated heterocycles. The topological polar surface area (TPSA) is 38.7 Å². The van der Waals surface area contributed by atoms with Crippen LogP contribution in [0.3, 0.4) is 0 Å². The summed E-state index contributed by atoms with van der Waals surface area (Å²) in [7, 11) is 0. The zero-order valence-corrected chi connectivity index (χ0v) is 28.6. The first kappa shape index (κ1) is 40.9. The largest absolute Gasteiger partial charge is 0.396 e. The molecule has 3 nitrogen and oxygen atoms in total. The minimum absolute atomic E-state index is 0.0584. The Labute approximate surface area is 259 Å². The van der Waals surface area contributed by atoms with Gasteiger partial charge in [0.15, 0.2) is 0 Å². The van der Waals surface area contributed by atoms with Crippen molar-refractivity contribution in [3.8, 4) is 0 Å². The number of unbranched alkanes of at least 4 members (excludes halogenated alkanes) is 28. The molecule has 0 aromatic heterocycles. The maximum atomic E-state index is 9.38. The summed E-state index contributed by atoms with van der Waals surface area (Å²) in [6.07, 6.45) is 42.5. The van der Waals surface area contributed by atoms with E-state index >= 15 is 0 Å². The first-order chi connectivity index (χ1) is 20.3. The minimum Gasteiger partial charge on any atom is -0.396 e. The van der Waals surface area contributed by atoms with Gasteiger partial charge in [0.05, 0.1) is 12.7 Å². The average molecular weight is 583 g/mol. The van der Waals surface area contributed by atoms with E-state index in [2.05, 4.69) is 13.8 Å². The van der Waals surface area contributed by atoms with Gasteiger partial charge in [0.25, 0.3) is 0 Å². The van der Waals surface area contributed by atoms with Gasteiger partial charge in [0, 0.05) is 19.8 Å². The number of ether oxygens (including phenoxy) is 2. The maximum absolute atomic E-state index is 9.38. The summed E-state index contributed by atoms with van der Waals surface area (Å²) >= 11 is 0. The van der Waals surface area contributed by atoms with Crippen molar-refractivity contribution >= 4 is 0 Å². The van der Waals surface area contributed by atoms with Gasteiger partial charge in [0.1, 0.15) is 0 Å². The first-order valence-electron chi connectivity index (χ1n) is 19.1. The van der Waals surface area contributed by atoms with Crippen LogP contribution in [0.25, 0.3) is 0 Å². The molecule has 0 aliphatic carbocycles. The molecule has 0 radical (unpaired) electrons. The van der Waals surface area contributed by atoms with Crippen LogP contribution in [0, 0.1) is 0 Å².